The van der Waals surface area contributed by atoms with Gasteiger partial charge in [0.05, 0.1) is 7.11 Å². The van der Waals surface area contributed by atoms with Crippen LogP contribution < -0.4 is 5.73 Å². The highest BCUT2D eigenvalue weighted by Gasteiger charge is 2.34. The highest BCUT2D eigenvalue weighted by Crippen LogP contribution is 2.23. The van der Waals surface area contributed by atoms with E-state index in [0.29, 0.717) is 0 Å². The number of ether oxygens (including phenoxy) is 1. The van der Waals surface area contributed by atoms with E-state index in [1.807, 2.05) is 30.3 Å². The summed E-state index contributed by atoms with van der Waals surface area (Å²) in [5.41, 5.74) is 5.76. The molecule has 14 heavy (non-hydrogen) atoms. The number of benzene rings is 1. The van der Waals surface area contributed by atoms with Crippen LogP contribution in [0.15, 0.2) is 30.3 Å². The molecular formula is C11H15NO2. The van der Waals surface area contributed by atoms with Crippen LogP contribution >= 0.6 is 0 Å². The third kappa shape index (κ3) is 1.77. The molecule has 3 heteroatoms. The summed E-state index contributed by atoms with van der Waals surface area (Å²) in [7, 11) is 1.37. The number of nitrogens with two attached hydrogens (primary N) is 1. The van der Waals surface area contributed by atoms with Gasteiger partial charge in [-0.15, -0.1) is 0 Å². The van der Waals surface area contributed by atoms with Gasteiger partial charge in [-0.1, -0.05) is 30.3 Å². The van der Waals surface area contributed by atoms with Crippen LogP contribution in [0.2, 0.25) is 0 Å². The summed E-state index contributed by atoms with van der Waals surface area (Å²) in [6.07, 6.45) is 0. The summed E-state index contributed by atoms with van der Waals surface area (Å²) in [5, 5.41) is 0. The highest BCUT2D eigenvalue weighted by molar-refractivity contribution is 5.82. The molecule has 0 bridgehead atoms. The predicted molar refractivity (Wildman–Crippen MR) is 54.9 cm³/mol. The lowest BCUT2D eigenvalue weighted by atomic mass is 9.83. The van der Waals surface area contributed by atoms with Gasteiger partial charge in [0.15, 0.2) is 0 Å². The van der Waals surface area contributed by atoms with Gasteiger partial charge >= 0.3 is 5.97 Å². The monoisotopic (exact) mass is 193 g/mol. The number of esters is 1. The second kappa shape index (κ2) is 4.24. The number of rotatable bonds is 3. The molecule has 0 saturated carbocycles. The van der Waals surface area contributed by atoms with Crippen LogP contribution in [0.1, 0.15) is 12.5 Å². The van der Waals surface area contributed by atoms with Crippen molar-refractivity contribution in [1.82, 2.24) is 0 Å². The molecule has 1 atom stereocenters. The van der Waals surface area contributed by atoms with E-state index < -0.39 is 5.41 Å². The molecule has 0 aliphatic rings. The molecule has 0 fully saturated rings. The van der Waals surface area contributed by atoms with Gasteiger partial charge in [-0.3, -0.25) is 4.79 Å². The van der Waals surface area contributed by atoms with Crippen LogP contribution in [0.5, 0.6) is 0 Å². The number of hydrogen-bond acceptors (Lipinski definition) is 3. The molecular weight excluding hydrogens is 178 g/mol. The second-order valence-corrected chi connectivity index (χ2v) is 3.39. The van der Waals surface area contributed by atoms with Gasteiger partial charge in [-0.2, -0.15) is 0 Å². The Morgan fingerprint density at radius 1 is 1.43 bits per heavy atom. The van der Waals surface area contributed by atoms with Crippen molar-refractivity contribution < 1.29 is 9.53 Å². The first-order chi connectivity index (χ1) is 6.65. The third-order valence-corrected chi connectivity index (χ3v) is 2.46. The Morgan fingerprint density at radius 2 is 2.00 bits per heavy atom. The molecule has 0 heterocycles. The number of hydrogen-bond donors (Lipinski definition) is 1. The maximum Gasteiger partial charge on any atom is 0.317 e. The third-order valence-electron chi connectivity index (χ3n) is 2.46. The largest absolute Gasteiger partial charge is 0.468 e. The summed E-state index contributed by atoms with van der Waals surface area (Å²) >= 11 is 0. The molecule has 1 unspecified atom stereocenters. The summed E-state index contributed by atoms with van der Waals surface area (Å²) in [5.74, 6) is -0.300. The fourth-order valence-electron chi connectivity index (χ4n) is 1.35. The Bertz CT molecular complexity index is 310. The lowest BCUT2D eigenvalue weighted by Crippen LogP contribution is -2.40. The molecule has 1 rings (SSSR count). The van der Waals surface area contributed by atoms with Crippen molar-refractivity contribution in [3.05, 3.63) is 35.9 Å². The predicted octanol–water partition coefficient (Wildman–Crippen LogP) is 1.08. The van der Waals surface area contributed by atoms with Crippen LogP contribution in [0, 0.1) is 0 Å². The van der Waals surface area contributed by atoms with E-state index in [1.54, 1.807) is 6.92 Å². The van der Waals surface area contributed by atoms with Crippen LogP contribution in [-0.4, -0.2) is 19.6 Å². The lowest BCUT2D eigenvalue weighted by Gasteiger charge is -2.25. The van der Waals surface area contributed by atoms with Crippen molar-refractivity contribution in [3.63, 3.8) is 0 Å². The van der Waals surface area contributed by atoms with Crippen LogP contribution in [-0.2, 0) is 14.9 Å². The lowest BCUT2D eigenvalue weighted by molar-refractivity contribution is -0.146. The summed E-state index contributed by atoms with van der Waals surface area (Å²) in [4.78, 5) is 11.6. The summed E-state index contributed by atoms with van der Waals surface area (Å²) < 4.78 is 4.74. The molecule has 0 spiro atoms. The maximum absolute atomic E-state index is 11.6. The Morgan fingerprint density at radius 3 is 2.43 bits per heavy atom. The van der Waals surface area contributed by atoms with E-state index in [1.165, 1.54) is 7.11 Å². The topological polar surface area (TPSA) is 52.3 Å². The Kier molecular flexibility index (Phi) is 3.25. The zero-order valence-corrected chi connectivity index (χ0v) is 8.49. The minimum Gasteiger partial charge on any atom is -0.468 e. The zero-order chi connectivity index (χ0) is 10.6. The molecule has 2 N–H and O–H groups in total. The molecule has 76 valence electrons. The number of carbonyl (C=O) groups excluding carboxylic acids is 1. The van der Waals surface area contributed by atoms with Gasteiger partial charge in [-0.25, -0.2) is 0 Å². The van der Waals surface area contributed by atoms with Gasteiger partial charge < -0.3 is 10.5 Å². The van der Waals surface area contributed by atoms with E-state index in [9.17, 15) is 4.79 Å². The average molecular weight is 193 g/mol. The van der Waals surface area contributed by atoms with E-state index in [2.05, 4.69) is 0 Å². The quantitative estimate of drug-likeness (QED) is 0.731. The normalized spacial score (nSPS) is 14.5. The Labute approximate surface area is 83.9 Å². The molecule has 0 saturated heterocycles. The van der Waals surface area contributed by atoms with Crippen LogP contribution in [0.25, 0.3) is 0 Å². The smallest absolute Gasteiger partial charge is 0.317 e. The van der Waals surface area contributed by atoms with Gasteiger partial charge in [0.25, 0.3) is 0 Å². The van der Waals surface area contributed by atoms with Crippen molar-refractivity contribution in [2.75, 3.05) is 13.7 Å². The molecule has 0 aliphatic carbocycles. The standard InChI is InChI=1S/C11H15NO2/c1-11(8-12,10(13)14-2)9-6-4-3-5-7-9/h3-7H,8,12H2,1-2H3. The van der Waals surface area contributed by atoms with Crippen LogP contribution in [0.3, 0.4) is 0 Å². The highest BCUT2D eigenvalue weighted by atomic mass is 16.5. The first kappa shape index (κ1) is 10.7. The Balaban J connectivity index is 3.08. The molecule has 0 aliphatic heterocycles. The SMILES string of the molecule is COC(=O)C(C)(CN)c1ccccc1. The van der Waals surface area contributed by atoms with Gasteiger partial charge in [0.1, 0.15) is 5.41 Å². The van der Waals surface area contributed by atoms with Crippen molar-refractivity contribution in [1.29, 1.82) is 0 Å². The van der Waals surface area contributed by atoms with E-state index in [0.717, 1.165) is 5.56 Å². The average Bonchev–Trinajstić information content (AvgIpc) is 2.28. The van der Waals surface area contributed by atoms with E-state index >= 15 is 0 Å². The fraction of sp³-hybridized carbons (Fsp3) is 0.364. The van der Waals surface area contributed by atoms with Crippen molar-refractivity contribution >= 4 is 5.97 Å². The zero-order valence-electron chi connectivity index (χ0n) is 8.49. The van der Waals surface area contributed by atoms with Crippen LogP contribution in [0.4, 0.5) is 0 Å². The van der Waals surface area contributed by atoms with Gasteiger partial charge in [-0.05, 0) is 12.5 Å². The van der Waals surface area contributed by atoms with Gasteiger partial charge in [0, 0.05) is 6.54 Å². The second-order valence-electron chi connectivity index (χ2n) is 3.39. The molecule has 3 nitrogen and oxygen atoms in total. The minimum atomic E-state index is -0.740. The first-order valence-electron chi connectivity index (χ1n) is 4.49. The summed E-state index contributed by atoms with van der Waals surface area (Å²) in [6, 6.07) is 9.42. The van der Waals surface area contributed by atoms with Crippen molar-refractivity contribution in [2.24, 2.45) is 5.73 Å². The molecule has 1 aromatic rings. The number of carbonyl (C=O) groups is 1. The van der Waals surface area contributed by atoms with Crippen molar-refractivity contribution in [3.8, 4) is 0 Å². The van der Waals surface area contributed by atoms with Gasteiger partial charge in [0.2, 0.25) is 0 Å². The minimum absolute atomic E-state index is 0.240. The summed E-state index contributed by atoms with van der Waals surface area (Å²) in [6.45, 7) is 2.03. The molecule has 0 amide bonds. The maximum atomic E-state index is 11.6. The molecule has 0 aromatic heterocycles. The van der Waals surface area contributed by atoms with E-state index in [-0.39, 0.29) is 12.5 Å². The Hall–Kier alpha value is -1.35. The fourth-order valence-corrected chi connectivity index (χ4v) is 1.35. The first-order valence-corrected chi connectivity index (χ1v) is 4.49. The van der Waals surface area contributed by atoms with E-state index in [4.69, 9.17) is 10.5 Å². The molecule has 0 radical (unpaired) electrons. The molecule has 1 aromatic carbocycles. The number of methoxy groups -OCH3 is 1. The van der Waals surface area contributed by atoms with Crippen molar-refractivity contribution in [2.45, 2.75) is 12.3 Å².